The van der Waals surface area contributed by atoms with Crippen LogP contribution in [0.1, 0.15) is 25.3 Å². The Labute approximate surface area is 185 Å². The highest BCUT2D eigenvalue weighted by Gasteiger charge is 2.15. The monoisotopic (exact) mass is 462 g/mol. The van der Waals surface area contributed by atoms with Crippen molar-refractivity contribution >= 4 is 15.7 Å². The number of benzene rings is 2. The van der Waals surface area contributed by atoms with Gasteiger partial charge in [0.2, 0.25) is 10.0 Å². The molecule has 1 N–H and O–H groups in total. The normalized spacial score (nSPS) is 11.4. The molecule has 2 aromatic carbocycles. The van der Waals surface area contributed by atoms with Gasteiger partial charge in [-0.15, -0.1) is 0 Å². The van der Waals surface area contributed by atoms with Gasteiger partial charge >= 0.3 is 0 Å². The predicted octanol–water partition coefficient (Wildman–Crippen LogP) is 5.07. The Balaban J connectivity index is 2.15. The van der Waals surface area contributed by atoms with Crippen LogP contribution in [-0.4, -0.2) is 19.2 Å². The topological polar surface area (TPSA) is 77.4 Å². The number of pyridine rings is 1. The van der Waals surface area contributed by atoms with E-state index < -0.39 is 21.7 Å². The second-order valence-corrected chi connectivity index (χ2v) is 9.27. The van der Waals surface area contributed by atoms with Gasteiger partial charge in [-0.3, -0.25) is 9.52 Å². The van der Waals surface area contributed by atoms with Gasteiger partial charge in [-0.25, -0.2) is 17.2 Å². The molecule has 0 aliphatic rings. The summed E-state index contributed by atoms with van der Waals surface area (Å²) in [6.07, 6.45) is 4.41. The number of unbranched alkanes of at least 4 members (excludes halogenated alkanes) is 1. The summed E-state index contributed by atoms with van der Waals surface area (Å²) >= 11 is 0. The molecular weight excluding hydrogens is 438 g/mol. The van der Waals surface area contributed by atoms with Crippen molar-refractivity contribution in [3.8, 4) is 22.6 Å². The van der Waals surface area contributed by atoms with Crippen LogP contribution < -0.4 is 15.0 Å². The number of nitrogens with one attached hydrogen (secondary N) is 1. The van der Waals surface area contributed by atoms with E-state index in [9.17, 15) is 22.0 Å². The van der Waals surface area contributed by atoms with Crippen molar-refractivity contribution < 1.29 is 21.9 Å². The molecular formula is C23H24F2N2O4S. The van der Waals surface area contributed by atoms with E-state index in [-0.39, 0.29) is 22.7 Å². The van der Waals surface area contributed by atoms with E-state index in [1.54, 1.807) is 29.8 Å². The van der Waals surface area contributed by atoms with E-state index in [0.717, 1.165) is 25.2 Å². The standard InChI is InChI=1S/C23H24F2N2O4S/c1-4-5-10-27-14-16(11-15(2)23(27)28)19-13-18(26-32(3,29)30)7-9-21(19)31-22-8-6-17(24)12-20(22)25/h6-9,11-14,26H,4-5,10H2,1-3H3. The molecule has 3 aromatic rings. The SMILES string of the molecule is CCCCn1cc(-c2cc(NS(C)(=O)=O)ccc2Oc2ccc(F)cc2F)cc(C)c1=O. The molecule has 0 fully saturated rings. The average molecular weight is 463 g/mol. The molecule has 0 atom stereocenters. The third kappa shape index (κ3) is 5.73. The number of anilines is 1. The van der Waals surface area contributed by atoms with Gasteiger partial charge in [-0.05, 0) is 49.7 Å². The Bertz CT molecular complexity index is 1300. The van der Waals surface area contributed by atoms with Gasteiger partial charge in [0.1, 0.15) is 11.6 Å². The summed E-state index contributed by atoms with van der Waals surface area (Å²) < 4.78 is 60.6. The summed E-state index contributed by atoms with van der Waals surface area (Å²) in [6.45, 7) is 4.23. The quantitative estimate of drug-likeness (QED) is 0.507. The van der Waals surface area contributed by atoms with Crippen LogP contribution in [-0.2, 0) is 16.6 Å². The van der Waals surface area contributed by atoms with Gasteiger partial charge in [0.15, 0.2) is 11.6 Å². The molecule has 170 valence electrons. The van der Waals surface area contributed by atoms with E-state index in [4.69, 9.17) is 4.74 Å². The molecule has 0 radical (unpaired) electrons. The van der Waals surface area contributed by atoms with Crippen LogP contribution in [0, 0.1) is 18.6 Å². The summed E-state index contributed by atoms with van der Waals surface area (Å²) in [5.41, 5.74) is 1.68. The summed E-state index contributed by atoms with van der Waals surface area (Å²) in [5, 5.41) is 0. The lowest BCUT2D eigenvalue weighted by Crippen LogP contribution is -2.22. The van der Waals surface area contributed by atoms with E-state index in [0.29, 0.717) is 29.3 Å². The molecule has 0 aliphatic heterocycles. The first-order valence-corrected chi connectivity index (χ1v) is 11.9. The van der Waals surface area contributed by atoms with Gasteiger partial charge in [-0.2, -0.15) is 0 Å². The molecule has 1 aromatic heterocycles. The number of aryl methyl sites for hydroxylation is 2. The minimum absolute atomic E-state index is 0.125. The number of rotatable bonds is 8. The van der Waals surface area contributed by atoms with E-state index in [1.165, 1.54) is 18.2 Å². The highest BCUT2D eigenvalue weighted by Crippen LogP contribution is 2.36. The smallest absolute Gasteiger partial charge is 0.253 e. The largest absolute Gasteiger partial charge is 0.454 e. The van der Waals surface area contributed by atoms with Crippen LogP contribution >= 0.6 is 0 Å². The number of nitrogens with zero attached hydrogens (tertiary/aromatic N) is 1. The Morgan fingerprint density at radius 2 is 1.78 bits per heavy atom. The predicted molar refractivity (Wildman–Crippen MR) is 121 cm³/mol. The molecule has 1 heterocycles. The summed E-state index contributed by atoms with van der Waals surface area (Å²) in [7, 11) is -3.54. The van der Waals surface area contributed by atoms with Crippen molar-refractivity contribution in [3.05, 3.63) is 76.2 Å². The molecule has 0 saturated heterocycles. The Kier molecular flexibility index (Phi) is 6.98. The Morgan fingerprint density at radius 3 is 2.44 bits per heavy atom. The van der Waals surface area contributed by atoms with Crippen LogP contribution in [0.5, 0.6) is 11.5 Å². The number of hydrogen-bond donors (Lipinski definition) is 1. The Hall–Kier alpha value is -3.20. The molecule has 0 amide bonds. The number of ether oxygens (including phenoxy) is 1. The maximum Gasteiger partial charge on any atom is 0.253 e. The highest BCUT2D eigenvalue weighted by atomic mass is 32.2. The van der Waals surface area contributed by atoms with E-state index in [2.05, 4.69) is 4.72 Å². The fraction of sp³-hybridized carbons (Fsp3) is 0.261. The van der Waals surface area contributed by atoms with Crippen molar-refractivity contribution in [1.29, 1.82) is 0 Å². The van der Waals surface area contributed by atoms with Gasteiger partial charge < -0.3 is 9.30 Å². The first kappa shape index (κ1) is 23.5. The fourth-order valence-corrected chi connectivity index (χ4v) is 3.78. The third-order valence-electron chi connectivity index (χ3n) is 4.73. The molecule has 9 heteroatoms. The highest BCUT2D eigenvalue weighted by molar-refractivity contribution is 7.92. The van der Waals surface area contributed by atoms with E-state index in [1.807, 2.05) is 6.92 Å². The lowest BCUT2D eigenvalue weighted by Gasteiger charge is -2.16. The summed E-state index contributed by atoms with van der Waals surface area (Å²) in [6, 6.07) is 9.13. The summed E-state index contributed by atoms with van der Waals surface area (Å²) in [5.74, 6) is -1.58. The van der Waals surface area contributed by atoms with Gasteiger partial charge in [0.05, 0.1) is 6.26 Å². The van der Waals surface area contributed by atoms with E-state index >= 15 is 0 Å². The minimum atomic E-state index is -3.54. The maximum atomic E-state index is 14.2. The molecule has 6 nitrogen and oxygen atoms in total. The second-order valence-electron chi connectivity index (χ2n) is 7.53. The molecule has 32 heavy (non-hydrogen) atoms. The molecule has 0 bridgehead atoms. The van der Waals surface area contributed by atoms with Gasteiger partial charge in [0, 0.05) is 41.2 Å². The maximum absolute atomic E-state index is 14.2. The summed E-state index contributed by atoms with van der Waals surface area (Å²) in [4.78, 5) is 12.5. The fourth-order valence-electron chi connectivity index (χ4n) is 3.23. The van der Waals surface area contributed by atoms with Crippen LogP contribution in [0.25, 0.3) is 11.1 Å². The van der Waals surface area contributed by atoms with Crippen LogP contribution in [0.15, 0.2) is 53.5 Å². The lowest BCUT2D eigenvalue weighted by molar-refractivity contribution is 0.439. The zero-order valence-electron chi connectivity index (χ0n) is 18.0. The van der Waals surface area contributed by atoms with Gasteiger partial charge in [-0.1, -0.05) is 13.3 Å². The molecule has 0 spiro atoms. The van der Waals surface area contributed by atoms with Crippen molar-refractivity contribution in [2.24, 2.45) is 0 Å². The number of hydrogen-bond acceptors (Lipinski definition) is 4. The molecule has 0 aliphatic carbocycles. The van der Waals surface area contributed by atoms with Crippen molar-refractivity contribution in [2.75, 3.05) is 11.0 Å². The van der Waals surface area contributed by atoms with Gasteiger partial charge in [0.25, 0.3) is 5.56 Å². The van der Waals surface area contributed by atoms with Crippen LogP contribution in [0.2, 0.25) is 0 Å². The van der Waals surface area contributed by atoms with Crippen molar-refractivity contribution in [1.82, 2.24) is 4.57 Å². The average Bonchev–Trinajstić information content (AvgIpc) is 2.71. The number of aromatic nitrogens is 1. The van der Waals surface area contributed by atoms with Crippen molar-refractivity contribution in [2.45, 2.75) is 33.2 Å². The molecule has 3 rings (SSSR count). The second kappa shape index (κ2) is 9.52. The lowest BCUT2D eigenvalue weighted by atomic mass is 10.0. The van der Waals surface area contributed by atoms with Crippen LogP contribution in [0.4, 0.5) is 14.5 Å². The number of halogens is 2. The Morgan fingerprint density at radius 1 is 1.06 bits per heavy atom. The zero-order valence-corrected chi connectivity index (χ0v) is 18.8. The molecule has 0 unspecified atom stereocenters. The first-order chi connectivity index (χ1) is 15.1. The molecule has 0 saturated carbocycles. The van der Waals surface area contributed by atoms with Crippen LogP contribution in [0.3, 0.4) is 0 Å². The number of sulfonamides is 1. The minimum Gasteiger partial charge on any atom is -0.454 e. The first-order valence-electron chi connectivity index (χ1n) is 10.0. The van der Waals surface area contributed by atoms with Crippen molar-refractivity contribution in [3.63, 3.8) is 0 Å². The third-order valence-corrected chi connectivity index (χ3v) is 5.33. The zero-order chi connectivity index (χ0) is 23.5.